The number of nitrogens with one attached hydrogen (secondary N) is 1. The largest absolute Gasteiger partial charge is 0.481 e. The quantitative estimate of drug-likeness (QED) is 0.767. The van der Waals surface area contributed by atoms with Crippen LogP contribution in [0.5, 0.6) is 5.75 Å². The van der Waals surface area contributed by atoms with Gasteiger partial charge in [-0.05, 0) is 38.1 Å². The predicted molar refractivity (Wildman–Crippen MR) is 100 cm³/mol. The summed E-state index contributed by atoms with van der Waals surface area (Å²) in [5.74, 6) is 0.885. The summed E-state index contributed by atoms with van der Waals surface area (Å²) in [7, 11) is 1.66. The predicted octanol–water partition coefficient (Wildman–Crippen LogP) is 2.66. The minimum absolute atomic E-state index is 0.193. The smallest absolute Gasteiger partial charge is 0.263 e. The SMILES string of the molecule is Cc1ccc(O[C@@H](C)C(=O)N(C)Cc2nc3ccccc3c(=O)[nH]2)cc1. The van der Waals surface area contributed by atoms with Gasteiger partial charge in [0, 0.05) is 7.05 Å². The monoisotopic (exact) mass is 351 g/mol. The molecule has 0 radical (unpaired) electrons. The average Bonchev–Trinajstić information content (AvgIpc) is 2.63. The van der Waals surface area contributed by atoms with Crippen molar-refractivity contribution in [3.63, 3.8) is 0 Å². The van der Waals surface area contributed by atoms with Crippen LogP contribution in [0.3, 0.4) is 0 Å². The summed E-state index contributed by atoms with van der Waals surface area (Å²) >= 11 is 0. The lowest BCUT2D eigenvalue weighted by Gasteiger charge is -2.22. The Kier molecular flexibility index (Phi) is 5.02. The molecule has 6 heteroatoms. The second-order valence-electron chi connectivity index (χ2n) is 6.30. The lowest BCUT2D eigenvalue weighted by molar-refractivity contribution is -0.137. The van der Waals surface area contributed by atoms with Gasteiger partial charge in [-0.15, -0.1) is 0 Å². The normalized spacial score (nSPS) is 12.0. The first kappa shape index (κ1) is 17.7. The van der Waals surface area contributed by atoms with Crippen LogP contribution in [-0.2, 0) is 11.3 Å². The molecule has 0 bridgehead atoms. The van der Waals surface area contributed by atoms with Gasteiger partial charge < -0.3 is 14.6 Å². The molecule has 1 aromatic heterocycles. The van der Waals surface area contributed by atoms with Gasteiger partial charge in [0.15, 0.2) is 6.10 Å². The minimum atomic E-state index is -0.644. The lowest BCUT2D eigenvalue weighted by Crippen LogP contribution is -2.38. The molecule has 1 N–H and O–H groups in total. The molecular weight excluding hydrogens is 330 g/mol. The van der Waals surface area contributed by atoms with Crippen LogP contribution in [0, 0.1) is 6.92 Å². The molecule has 3 rings (SSSR count). The molecule has 26 heavy (non-hydrogen) atoms. The molecule has 1 amide bonds. The number of carbonyl (C=O) groups is 1. The van der Waals surface area contributed by atoms with E-state index >= 15 is 0 Å². The highest BCUT2D eigenvalue weighted by atomic mass is 16.5. The van der Waals surface area contributed by atoms with Crippen LogP contribution in [0.2, 0.25) is 0 Å². The number of para-hydroxylation sites is 1. The van der Waals surface area contributed by atoms with E-state index in [1.54, 1.807) is 32.2 Å². The fourth-order valence-electron chi connectivity index (χ4n) is 2.69. The van der Waals surface area contributed by atoms with Crippen LogP contribution in [0.1, 0.15) is 18.3 Å². The van der Waals surface area contributed by atoms with E-state index in [1.165, 1.54) is 4.90 Å². The molecule has 3 aromatic rings. The van der Waals surface area contributed by atoms with Gasteiger partial charge in [0.05, 0.1) is 17.4 Å². The van der Waals surface area contributed by atoms with Gasteiger partial charge >= 0.3 is 0 Å². The summed E-state index contributed by atoms with van der Waals surface area (Å²) in [4.78, 5) is 33.3. The van der Waals surface area contributed by atoms with Crippen molar-refractivity contribution in [1.82, 2.24) is 14.9 Å². The van der Waals surface area contributed by atoms with Crippen LogP contribution in [0.25, 0.3) is 10.9 Å². The molecule has 1 atom stereocenters. The second kappa shape index (κ2) is 7.39. The second-order valence-corrected chi connectivity index (χ2v) is 6.30. The van der Waals surface area contributed by atoms with Crippen molar-refractivity contribution in [2.45, 2.75) is 26.5 Å². The Bertz CT molecular complexity index is 980. The first-order chi connectivity index (χ1) is 12.4. The van der Waals surface area contributed by atoms with E-state index in [0.717, 1.165) is 5.56 Å². The third-order valence-corrected chi connectivity index (χ3v) is 4.11. The van der Waals surface area contributed by atoms with Gasteiger partial charge in [0.1, 0.15) is 11.6 Å². The molecule has 0 saturated heterocycles. The molecule has 0 aliphatic rings. The number of benzene rings is 2. The van der Waals surface area contributed by atoms with Crippen molar-refractivity contribution in [3.05, 3.63) is 70.3 Å². The molecule has 1 heterocycles. The zero-order valence-corrected chi connectivity index (χ0v) is 15.0. The number of hydrogen-bond acceptors (Lipinski definition) is 4. The fourth-order valence-corrected chi connectivity index (χ4v) is 2.69. The molecule has 0 fully saturated rings. The third kappa shape index (κ3) is 3.91. The van der Waals surface area contributed by atoms with Crippen LogP contribution in [0.4, 0.5) is 0 Å². The van der Waals surface area contributed by atoms with Crippen molar-refractivity contribution >= 4 is 16.8 Å². The van der Waals surface area contributed by atoms with Gasteiger partial charge in [-0.2, -0.15) is 0 Å². The van der Waals surface area contributed by atoms with E-state index in [2.05, 4.69) is 9.97 Å². The Hall–Kier alpha value is -3.15. The van der Waals surface area contributed by atoms with Gasteiger partial charge in [-0.3, -0.25) is 9.59 Å². The highest BCUT2D eigenvalue weighted by Gasteiger charge is 2.20. The van der Waals surface area contributed by atoms with E-state index in [9.17, 15) is 9.59 Å². The molecule has 2 aromatic carbocycles. The Morgan fingerprint density at radius 3 is 2.62 bits per heavy atom. The van der Waals surface area contributed by atoms with Crippen LogP contribution in [0.15, 0.2) is 53.3 Å². The first-order valence-electron chi connectivity index (χ1n) is 8.40. The summed E-state index contributed by atoms with van der Waals surface area (Å²) in [5.41, 5.74) is 1.52. The van der Waals surface area contributed by atoms with Crippen molar-refractivity contribution in [2.75, 3.05) is 7.05 Å². The highest BCUT2D eigenvalue weighted by Crippen LogP contribution is 2.14. The summed E-state index contributed by atoms with van der Waals surface area (Å²) in [6.07, 6.45) is -0.644. The number of rotatable bonds is 5. The number of aryl methyl sites for hydroxylation is 1. The van der Waals surface area contributed by atoms with Gasteiger partial charge in [0.2, 0.25) is 0 Å². The molecular formula is C20H21N3O3. The molecule has 0 saturated carbocycles. The number of carbonyl (C=O) groups excluding carboxylic acids is 1. The Morgan fingerprint density at radius 2 is 1.88 bits per heavy atom. The van der Waals surface area contributed by atoms with Crippen LogP contribution in [-0.4, -0.2) is 33.9 Å². The van der Waals surface area contributed by atoms with E-state index in [4.69, 9.17) is 4.74 Å². The Labute approximate surface area is 151 Å². The number of likely N-dealkylation sites (N-methyl/N-ethyl adjacent to an activating group) is 1. The fraction of sp³-hybridized carbons (Fsp3) is 0.250. The minimum Gasteiger partial charge on any atom is -0.481 e. The van der Waals surface area contributed by atoms with E-state index in [-0.39, 0.29) is 18.0 Å². The van der Waals surface area contributed by atoms with E-state index in [0.29, 0.717) is 22.5 Å². The van der Waals surface area contributed by atoms with Crippen molar-refractivity contribution in [3.8, 4) is 5.75 Å². The van der Waals surface area contributed by atoms with Gasteiger partial charge in [-0.25, -0.2) is 4.98 Å². The molecule has 0 aliphatic carbocycles. The molecule has 6 nitrogen and oxygen atoms in total. The number of amides is 1. The molecule has 0 unspecified atom stereocenters. The zero-order chi connectivity index (χ0) is 18.7. The topological polar surface area (TPSA) is 75.3 Å². The summed E-state index contributed by atoms with van der Waals surface area (Å²) in [6.45, 7) is 3.89. The highest BCUT2D eigenvalue weighted by molar-refractivity contribution is 5.81. The number of fused-ring (bicyclic) bond motifs is 1. The van der Waals surface area contributed by atoms with Crippen molar-refractivity contribution < 1.29 is 9.53 Å². The third-order valence-electron chi connectivity index (χ3n) is 4.11. The van der Waals surface area contributed by atoms with E-state index < -0.39 is 6.10 Å². The van der Waals surface area contributed by atoms with Crippen LogP contribution >= 0.6 is 0 Å². The van der Waals surface area contributed by atoms with Crippen molar-refractivity contribution in [1.29, 1.82) is 0 Å². The number of nitrogens with zero attached hydrogens (tertiary/aromatic N) is 2. The Balaban J connectivity index is 1.70. The average molecular weight is 351 g/mol. The number of aromatic amines is 1. The summed E-state index contributed by atoms with van der Waals surface area (Å²) in [6, 6.07) is 14.6. The van der Waals surface area contributed by atoms with Gasteiger partial charge in [-0.1, -0.05) is 29.8 Å². The van der Waals surface area contributed by atoms with Gasteiger partial charge in [0.25, 0.3) is 11.5 Å². The van der Waals surface area contributed by atoms with Crippen molar-refractivity contribution in [2.24, 2.45) is 0 Å². The molecule has 134 valence electrons. The standard InChI is InChI=1S/C20H21N3O3/c1-13-8-10-15(11-9-13)26-14(2)20(25)23(3)12-18-21-17-7-5-4-6-16(17)19(24)22-18/h4-11,14H,12H2,1-3H3,(H,21,22,24)/t14-/m0/s1. The molecule has 0 aliphatic heterocycles. The first-order valence-corrected chi connectivity index (χ1v) is 8.40. The Morgan fingerprint density at radius 1 is 1.19 bits per heavy atom. The van der Waals surface area contributed by atoms with Crippen LogP contribution < -0.4 is 10.3 Å². The number of aromatic nitrogens is 2. The van der Waals surface area contributed by atoms with E-state index in [1.807, 2.05) is 37.3 Å². The summed E-state index contributed by atoms with van der Waals surface area (Å²) < 4.78 is 5.70. The summed E-state index contributed by atoms with van der Waals surface area (Å²) in [5, 5.41) is 0.529. The lowest BCUT2D eigenvalue weighted by atomic mass is 10.2. The molecule has 0 spiro atoms. The zero-order valence-electron chi connectivity index (χ0n) is 15.0. The maximum Gasteiger partial charge on any atom is 0.263 e. The number of ether oxygens (including phenoxy) is 1. The number of H-pyrrole nitrogens is 1. The maximum absolute atomic E-state index is 12.5. The maximum atomic E-state index is 12.5. The number of hydrogen-bond donors (Lipinski definition) is 1.